The third-order valence-electron chi connectivity index (χ3n) is 4.74. The Morgan fingerprint density at radius 2 is 1.92 bits per heavy atom. The maximum atomic E-state index is 13.1. The number of nitrogens with one attached hydrogen (secondary N) is 2. The highest BCUT2D eigenvalue weighted by Gasteiger charge is 2.33. The van der Waals surface area contributed by atoms with Gasteiger partial charge in [-0.05, 0) is 31.9 Å². The molecule has 0 unspecified atom stereocenters. The molecule has 2 rings (SSSR count). The first-order valence-corrected chi connectivity index (χ1v) is 11.3. The number of oxime groups is 1. The average Bonchev–Trinajstić information content (AvgIpc) is 3.27. The third-order valence-corrected chi connectivity index (χ3v) is 5.50. The first-order valence-electron chi connectivity index (χ1n) is 10.4. The van der Waals surface area contributed by atoms with Crippen molar-refractivity contribution in [2.24, 2.45) is 10.9 Å². The van der Waals surface area contributed by atoms with E-state index in [2.05, 4.69) is 20.8 Å². The monoisotopic (exact) mass is 537 g/mol. The van der Waals surface area contributed by atoms with E-state index in [1.165, 1.54) is 31.4 Å². The van der Waals surface area contributed by atoms with Crippen molar-refractivity contribution in [1.29, 1.82) is 0 Å². The quantitative estimate of drug-likeness (QED) is 0.0900. The number of anilines is 1. The lowest BCUT2D eigenvalue weighted by molar-refractivity contribution is -0.161. The van der Waals surface area contributed by atoms with Crippen molar-refractivity contribution < 1.29 is 49.4 Å². The van der Waals surface area contributed by atoms with Crippen molar-refractivity contribution in [3.8, 4) is 5.75 Å². The van der Waals surface area contributed by atoms with Crippen LogP contribution in [0.3, 0.4) is 0 Å². The number of carbonyl (C=O) groups is 4. The van der Waals surface area contributed by atoms with Gasteiger partial charge in [-0.15, -0.1) is 11.3 Å². The van der Waals surface area contributed by atoms with Crippen LogP contribution in [0.5, 0.6) is 5.75 Å². The molecule has 198 valence electrons. The summed E-state index contributed by atoms with van der Waals surface area (Å²) >= 11 is 0.894. The summed E-state index contributed by atoms with van der Waals surface area (Å²) in [5.74, 6) is -6.60. The van der Waals surface area contributed by atoms with E-state index in [0.29, 0.717) is 0 Å². The van der Waals surface area contributed by atoms with Gasteiger partial charge in [0.2, 0.25) is 11.5 Å². The first kappa shape index (κ1) is 29.2. The Morgan fingerprint density at radius 1 is 1.24 bits per heavy atom. The van der Waals surface area contributed by atoms with Gasteiger partial charge in [0.25, 0.3) is 5.91 Å². The van der Waals surface area contributed by atoms with Crippen LogP contribution in [-0.4, -0.2) is 85.0 Å². The number of nitrogens with zero attached hydrogens (tertiary/aromatic N) is 2. The van der Waals surface area contributed by atoms with E-state index in [1.807, 2.05) is 0 Å². The standard InChI is InChI=1S/C20H24BN5O10S/c1-20(2,18(32)33)36-26-14(11-8-37-19(23-11)25-13(27)7-22)16(29)24-12(21(34)35)6-9-4-3-5-10(15(9)28)17(30)31/h3-5,8,12,28,34-35H,6-7,22H2,1-2H3,(H,24,29)(H,30,31)(H,32,33)(H,23,25,27)/b26-14-/t12-/m0/s1. The number of aromatic hydroxyl groups is 1. The van der Waals surface area contributed by atoms with Crippen molar-refractivity contribution >= 4 is 53.1 Å². The van der Waals surface area contributed by atoms with Crippen molar-refractivity contribution in [2.45, 2.75) is 31.8 Å². The number of hydrogen-bond donors (Lipinski definition) is 8. The Morgan fingerprint density at radius 3 is 2.49 bits per heavy atom. The summed E-state index contributed by atoms with van der Waals surface area (Å²) < 4.78 is 0. The van der Waals surface area contributed by atoms with E-state index in [4.69, 9.17) is 10.6 Å². The molecule has 0 spiro atoms. The van der Waals surface area contributed by atoms with Crippen LogP contribution in [0.1, 0.15) is 35.5 Å². The van der Waals surface area contributed by atoms with E-state index < -0.39 is 65.9 Å². The minimum Gasteiger partial charge on any atom is -0.507 e. The van der Waals surface area contributed by atoms with Gasteiger partial charge in [-0.2, -0.15) is 0 Å². The Kier molecular flexibility index (Phi) is 9.67. The average molecular weight is 537 g/mol. The summed E-state index contributed by atoms with van der Waals surface area (Å²) in [5.41, 5.74) is 2.20. The molecule has 0 aliphatic carbocycles. The molecule has 2 amide bonds. The molecule has 0 fully saturated rings. The Labute approximate surface area is 213 Å². The molecule has 0 bridgehead atoms. The van der Waals surface area contributed by atoms with Gasteiger partial charge < -0.3 is 46.6 Å². The molecule has 37 heavy (non-hydrogen) atoms. The molecule has 1 aromatic carbocycles. The molecule has 0 radical (unpaired) electrons. The summed E-state index contributed by atoms with van der Waals surface area (Å²) in [7, 11) is -2.18. The maximum Gasteiger partial charge on any atom is 0.475 e. The van der Waals surface area contributed by atoms with E-state index in [0.717, 1.165) is 17.4 Å². The molecule has 0 aliphatic heterocycles. The number of aromatic nitrogens is 1. The molecule has 2 aromatic rings. The molecule has 9 N–H and O–H groups in total. The van der Waals surface area contributed by atoms with Gasteiger partial charge >= 0.3 is 19.1 Å². The van der Waals surface area contributed by atoms with Gasteiger partial charge in [0.15, 0.2) is 10.8 Å². The number of nitrogens with two attached hydrogens (primary N) is 1. The number of carboxylic acid groups (broad SMARTS) is 2. The molecule has 1 atom stereocenters. The van der Waals surface area contributed by atoms with Gasteiger partial charge in [0.1, 0.15) is 17.0 Å². The zero-order valence-electron chi connectivity index (χ0n) is 19.5. The second kappa shape index (κ2) is 12.3. The number of amides is 2. The van der Waals surface area contributed by atoms with Crippen molar-refractivity contribution in [3.05, 3.63) is 40.4 Å². The van der Waals surface area contributed by atoms with Crippen molar-refractivity contribution in [3.63, 3.8) is 0 Å². The highest BCUT2D eigenvalue weighted by molar-refractivity contribution is 7.14. The van der Waals surface area contributed by atoms with E-state index in [9.17, 15) is 44.5 Å². The normalized spacial score (nSPS) is 12.4. The van der Waals surface area contributed by atoms with E-state index in [1.54, 1.807) is 0 Å². The second-order valence-corrected chi connectivity index (χ2v) is 8.81. The van der Waals surface area contributed by atoms with Crippen molar-refractivity contribution in [2.75, 3.05) is 11.9 Å². The fourth-order valence-electron chi connectivity index (χ4n) is 2.65. The Balaban J connectivity index is 2.39. The topological polar surface area (TPSA) is 254 Å². The lowest BCUT2D eigenvalue weighted by Gasteiger charge is -2.20. The number of carbonyl (C=O) groups excluding carboxylic acids is 2. The smallest absolute Gasteiger partial charge is 0.475 e. The Bertz CT molecular complexity index is 1220. The summed E-state index contributed by atoms with van der Waals surface area (Å²) in [4.78, 5) is 56.3. The largest absolute Gasteiger partial charge is 0.507 e. The van der Waals surface area contributed by atoms with Crippen LogP contribution in [0.15, 0.2) is 28.7 Å². The van der Waals surface area contributed by atoms with Crippen LogP contribution < -0.4 is 16.4 Å². The minimum atomic E-state index is -2.18. The molecule has 17 heteroatoms. The van der Waals surface area contributed by atoms with Crippen LogP contribution in [-0.2, 0) is 25.6 Å². The molecule has 0 saturated carbocycles. The van der Waals surface area contributed by atoms with Crippen LogP contribution in [0.2, 0.25) is 0 Å². The summed E-state index contributed by atoms with van der Waals surface area (Å²) in [6, 6.07) is 3.78. The summed E-state index contributed by atoms with van der Waals surface area (Å²) in [6.07, 6.45) is -0.417. The van der Waals surface area contributed by atoms with Crippen molar-refractivity contribution in [1.82, 2.24) is 10.3 Å². The van der Waals surface area contributed by atoms with Gasteiger partial charge in [-0.25, -0.2) is 14.6 Å². The molecule has 0 aliphatic rings. The number of aromatic carboxylic acids is 1. The SMILES string of the molecule is CC(C)(O/N=C(\C(=O)N[C@@H](Cc1cccc(C(=O)O)c1O)B(O)O)c1csc(NC(=O)CN)n1)C(=O)O. The molecular formula is C20H24BN5O10S. The zero-order valence-corrected chi connectivity index (χ0v) is 20.4. The summed E-state index contributed by atoms with van der Waals surface area (Å²) in [5, 5.41) is 57.9. The second-order valence-electron chi connectivity index (χ2n) is 7.95. The minimum absolute atomic E-state index is 0.0134. The number of carboxylic acids is 2. The highest BCUT2D eigenvalue weighted by Crippen LogP contribution is 2.24. The van der Waals surface area contributed by atoms with Crippen LogP contribution in [0.25, 0.3) is 0 Å². The van der Waals surface area contributed by atoms with Gasteiger partial charge in [-0.3, -0.25) is 9.59 Å². The fraction of sp³-hybridized carbons (Fsp3) is 0.300. The number of benzene rings is 1. The number of phenols is 1. The lowest BCUT2D eigenvalue weighted by atomic mass is 9.75. The van der Waals surface area contributed by atoms with Gasteiger partial charge in [0.05, 0.1) is 12.5 Å². The third kappa shape index (κ3) is 7.71. The number of aliphatic carboxylic acids is 1. The highest BCUT2D eigenvalue weighted by atomic mass is 32.1. The lowest BCUT2D eigenvalue weighted by Crippen LogP contribution is -2.50. The fourth-order valence-corrected chi connectivity index (χ4v) is 3.36. The predicted molar refractivity (Wildman–Crippen MR) is 130 cm³/mol. The zero-order chi connectivity index (χ0) is 27.9. The molecule has 0 saturated heterocycles. The van der Waals surface area contributed by atoms with Crippen LogP contribution in [0.4, 0.5) is 5.13 Å². The van der Waals surface area contributed by atoms with Gasteiger partial charge in [-0.1, -0.05) is 17.3 Å². The molecule has 1 aromatic heterocycles. The number of rotatable bonds is 12. The first-order chi connectivity index (χ1) is 17.3. The van der Waals surface area contributed by atoms with E-state index >= 15 is 0 Å². The van der Waals surface area contributed by atoms with Crippen LogP contribution in [0, 0.1) is 0 Å². The number of para-hydroxylation sites is 1. The van der Waals surface area contributed by atoms with Crippen LogP contribution >= 0.6 is 11.3 Å². The van der Waals surface area contributed by atoms with E-state index in [-0.39, 0.29) is 22.9 Å². The molecule has 1 heterocycles. The molecule has 15 nitrogen and oxygen atoms in total. The maximum absolute atomic E-state index is 13.1. The summed E-state index contributed by atoms with van der Waals surface area (Å²) in [6.45, 7) is 2.00. The molecular weight excluding hydrogens is 513 g/mol. The predicted octanol–water partition coefficient (Wildman–Crippen LogP) is -1.23. The van der Waals surface area contributed by atoms with Gasteiger partial charge in [0, 0.05) is 5.38 Å². The Hall–Kier alpha value is -4.06. The number of hydrogen-bond acceptors (Lipinski definition) is 12. The number of thiazole rings is 1.